The predicted octanol–water partition coefficient (Wildman–Crippen LogP) is 4.67. The molecule has 1 fully saturated rings. The number of ether oxygens (including phenoxy) is 2. The molecule has 7 heteroatoms. The summed E-state index contributed by atoms with van der Waals surface area (Å²) in [5.74, 6) is 0.606. The van der Waals surface area contributed by atoms with Crippen molar-refractivity contribution in [2.24, 2.45) is 4.99 Å². The number of hydrogen-bond acceptors (Lipinski definition) is 5. The molecule has 1 heterocycles. The number of amidine groups is 1. The van der Waals surface area contributed by atoms with Crippen LogP contribution in [0.15, 0.2) is 59.0 Å². The summed E-state index contributed by atoms with van der Waals surface area (Å²) >= 11 is 1.32. The summed E-state index contributed by atoms with van der Waals surface area (Å²) in [4.78, 5) is 18.7. The first-order valence-corrected chi connectivity index (χ1v) is 10.1. The maximum absolute atomic E-state index is 14.0. The molecule has 1 aliphatic rings. The van der Waals surface area contributed by atoms with Gasteiger partial charge < -0.3 is 9.47 Å². The highest BCUT2D eigenvalue weighted by atomic mass is 32.2. The fourth-order valence-electron chi connectivity index (χ4n) is 3.06. The van der Waals surface area contributed by atoms with Crippen LogP contribution in [-0.4, -0.2) is 37.2 Å². The summed E-state index contributed by atoms with van der Waals surface area (Å²) in [7, 11) is 4.90. The maximum Gasteiger partial charge on any atom is 0.266 e. The zero-order valence-electron chi connectivity index (χ0n) is 17.1. The SMILES string of the molecule is C=CCc1cc(/C=C2\SC(=NC)N(C)C2=O)cc(OC)c1OCc1ccccc1F. The van der Waals surface area contributed by atoms with E-state index in [4.69, 9.17) is 9.47 Å². The van der Waals surface area contributed by atoms with Crippen molar-refractivity contribution in [3.8, 4) is 11.5 Å². The Morgan fingerprint density at radius 1 is 1.27 bits per heavy atom. The van der Waals surface area contributed by atoms with Gasteiger partial charge in [0.2, 0.25) is 0 Å². The lowest BCUT2D eigenvalue weighted by atomic mass is 10.0. The van der Waals surface area contributed by atoms with Gasteiger partial charge in [0, 0.05) is 25.2 Å². The second kappa shape index (κ2) is 9.63. The van der Waals surface area contributed by atoms with Crippen molar-refractivity contribution in [2.75, 3.05) is 21.2 Å². The first-order chi connectivity index (χ1) is 14.5. The van der Waals surface area contributed by atoms with E-state index in [1.54, 1.807) is 57.6 Å². The van der Waals surface area contributed by atoms with Crippen LogP contribution in [0.5, 0.6) is 11.5 Å². The fraction of sp³-hybridized carbons (Fsp3) is 0.217. The van der Waals surface area contributed by atoms with Crippen LogP contribution >= 0.6 is 11.8 Å². The molecule has 0 unspecified atom stereocenters. The van der Waals surface area contributed by atoms with E-state index in [2.05, 4.69) is 11.6 Å². The molecule has 0 radical (unpaired) electrons. The number of hydrogen-bond donors (Lipinski definition) is 0. The standard InChI is InChI=1S/C23H23FN2O3S/c1-5-8-16-11-15(13-20-22(27)26(3)23(25-2)30-20)12-19(28-4)21(16)29-14-17-9-6-7-10-18(17)24/h5-7,9-13H,1,8,14H2,2-4H3/b20-13-,25-23?. The second-order valence-corrected chi connectivity index (χ2v) is 7.57. The normalized spacial score (nSPS) is 16.4. The third-order valence-corrected chi connectivity index (χ3v) is 5.71. The van der Waals surface area contributed by atoms with Crippen molar-refractivity contribution in [3.05, 3.63) is 76.5 Å². The van der Waals surface area contributed by atoms with E-state index in [0.29, 0.717) is 33.6 Å². The number of likely N-dealkylation sites (N-methyl/N-ethyl adjacent to an activating group) is 1. The van der Waals surface area contributed by atoms with Crippen LogP contribution in [0.1, 0.15) is 16.7 Å². The molecule has 2 aromatic rings. The number of carbonyl (C=O) groups excluding carboxylic acids is 1. The van der Waals surface area contributed by atoms with Crippen molar-refractivity contribution in [1.29, 1.82) is 0 Å². The third-order valence-electron chi connectivity index (χ3n) is 4.56. The van der Waals surface area contributed by atoms with Gasteiger partial charge >= 0.3 is 0 Å². The number of amides is 1. The minimum atomic E-state index is -0.322. The zero-order valence-corrected chi connectivity index (χ0v) is 18.0. The summed E-state index contributed by atoms with van der Waals surface area (Å²) in [6.45, 7) is 3.88. The van der Waals surface area contributed by atoms with E-state index in [0.717, 1.165) is 11.1 Å². The largest absolute Gasteiger partial charge is 0.493 e. The van der Waals surface area contributed by atoms with Crippen LogP contribution in [0.4, 0.5) is 4.39 Å². The zero-order chi connectivity index (χ0) is 21.7. The molecular formula is C23H23FN2O3S. The summed E-state index contributed by atoms with van der Waals surface area (Å²) in [5, 5.41) is 0.648. The molecule has 1 saturated heterocycles. The summed E-state index contributed by atoms with van der Waals surface area (Å²) < 4.78 is 25.4. The van der Waals surface area contributed by atoms with Crippen molar-refractivity contribution < 1.29 is 18.7 Å². The number of thioether (sulfide) groups is 1. The topological polar surface area (TPSA) is 51.1 Å². The predicted molar refractivity (Wildman–Crippen MR) is 119 cm³/mol. The Labute approximate surface area is 179 Å². The molecule has 0 spiro atoms. The van der Waals surface area contributed by atoms with Gasteiger partial charge in [-0.3, -0.25) is 14.7 Å². The van der Waals surface area contributed by atoms with Crippen molar-refractivity contribution in [1.82, 2.24) is 4.90 Å². The van der Waals surface area contributed by atoms with Crippen LogP contribution < -0.4 is 9.47 Å². The molecule has 30 heavy (non-hydrogen) atoms. The molecule has 0 aliphatic carbocycles. The minimum Gasteiger partial charge on any atom is -0.493 e. The Kier molecular flexibility index (Phi) is 6.95. The number of carbonyl (C=O) groups is 1. The van der Waals surface area contributed by atoms with E-state index in [1.807, 2.05) is 6.07 Å². The van der Waals surface area contributed by atoms with Crippen LogP contribution in [0, 0.1) is 5.82 Å². The van der Waals surface area contributed by atoms with E-state index >= 15 is 0 Å². The average molecular weight is 427 g/mol. The van der Waals surface area contributed by atoms with Crippen LogP contribution in [0.25, 0.3) is 6.08 Å². The number of benzene rings is 2. The van der Waals surface area contributed by atoms with Crippen LogP contribution in [0.2, 0.25) is 0 Å². The molecule has 156 valence electrons. The van der Waals surface area contributed by atoms with E-state index in [-0.39, 0.29) is 18.3 Å². The average Bonchev–Trinajstić information content (AvgIpc) is 3.01. The highest BCUT2D eigenvalue weighted by Gasteiger charge is 2.29. The molecule has 1 aliphatic heterocycles. The van der Waals surface area contributed by atoms with Crippen molar-refractivity contribution >= 4 is 28.9 Å². The first kappa shape index (κ1) is 21.6. The van der Waals surface area contributed by atoms with Gasteiger partial charge in [-0.1, -0.05) is 24.3 Å². The number of rotatable bonds is 7. The smallest absolute Gasteiger partial charge is 0.266 e. The third kappa shape index (κ3) is 4.57. The van der Waals surface area contributed by atoms with Crippen molar-refractivity contribution in [2.45, 2.75) is 13.0 Å². The quantitative estimate of drug-likeness (QED) is 0.477. The minimum absolute atomic E-state index is 0.0725. The Balaban J connectivity index is 1.95. The van der Waals surface area contributed by atoms with Gasteiger partial charge in [0.1, 0.15) is 12.4 Å². The number of aliphatic imine (C=N–C) groups is 1. The molecule has 0 N–H and O–H groups in total. The van der Waals surface area contributed by atoms with Gasteiger partial charge in [-0.05, 0) is 48.0 Å². The van der Waals surface area contributed by atoms with E-state index < -0.39 is 0 Å². The van der Waals surface area contributed by atoms with Crippen LogP contribution in [0.3, 0.4) is 0 Å². The van der Waals surface area contributed by atoms with Crippen molar-refractivity contribution in [3.63, 3.8) is 0 Å². The molecule has 3 rings (SSSR count). The fourth-order valence-corrected chi connectivity index (χ4v) is 3.98. The first-order valence-electron chi connectivity index (χ1n) is 9.30. The summed E-state index contributed by atoms with van der Waals surface area (Å²) in [5.41, 5.74) is 2.09. The van der Waals surface area contributed by atoms with E-state index in [1.165, 1.54) is 22.7 Å². The number of methoxy groups -OCH3 is 1. The van der Waals surface area contributed by atoms with Gasteiger partial charge in [0.15, 0.2) is 16.7 Å². The van der Waals surface area contributed by atoms with E-state index in [9.17, 15) is 9.18 Å². The van der Waals surface area contributed by atoms with Gasteiger partial charge in [-0.15, -0.1) is 6.58 Å². The molecule has 0 aromatic heterocycles. The Bertz CT molecular complexity index is 1030. The molecule has 5 nitrogen and oxygen atoms in total. The molecule has 1 amide bonds. The van der Waals surface area contributed by atoms with Crippen LogP contribution in [-0.2, 0) is 17.8 Å². The van der Waals surface area contributed by atoms with Gasteiger partial charge in [-0.25, -0.2) is 4.39 Å². The lowest BCUT2D eigenvalue weighted by Crippen LogP contribution is -2.23. The Hall–Kier alpha value is -3.06. The monoisotopic (exact) mass is 426 g/mol. The second-order valence-electron chi connectivity index (χ2n) is 6.57. The maximum atomic E-state index is 14.0. The summed E-state index contributed by atoms with van der Waals surface area (Å²) in [6.07, 6.45) is 4.09. The Morgan fingerprint density at radius 2 is 2.03 bits per heavy atom. The van der Waals surface area contributed by atoms with Gasteiger partial charge in [0.25, 0.3) is 5.91 Å². The highest BCUT2D eigenvalue weighted by Crippen LogP contribution is 2.37. The molecule has 0 bridgehead atoms. The lowest BCUT2D eigenvalue weighted by molar-refractivity contribution is -0.121. The lowest BCUT2D eigenvalue weighted by Gasteiger charge is -2.16. The molecule has 0 atom stereocenters. The Morgan fingerprint density at radius 3 is 2.67 bits per heavy atom. The molecular weight excluding hydrogens is 403 g/mol. The number of nitrogens with zero attached hydrogens (tertiary/aromatic N) is 2. The number of allylic oxidation sites excluding steroid dienone is 1. The van der Waals surface area contributed by atoms with Gasteiger partial charge in [0.05, 0.1) is 12.0 Å². The number of halogens is 1. The molecule has 0 saturated carbocycles. The molecule has 2 aromatic carbocycles. The highest BCUT2D eigenvalue weighted by molar-refractivity contribution is 8.18. The van der Waals surface area contributed by atoms with Gasteiger partial charge in [-0.2, -0.15) is 0 Å². The summed E-state index contributed by atoms with van der Waals surface area (Å²) in [6, 6.07) is 10.2.